The molecule has 1 fully saturated rings. The number of alkyl halides is 3. The molecule has 0 bridgehead atoms. The molecule has 2 aliphatic heterocycles. The summed E-state index contributed by atoms with van der Waals surface area (Å²) in [4.78, 5) is 1.92. The Morgan fingerprint density at radius 2 is 2.00 bits per heavy atom. The fourth-order valence-corrected chi connectivity index (χ4v) is 3.33. The lowest BCUT2D eigenvalue weighted by Crippen LogP contribution is -2.25. The molecule has 0 aromatic heterocycles. The van der Waals surface area contributed by atoms with Gasteiger partial charge in [-0.3, -0.25) is 4.90 Å². The first-order valence-electron chi connectivity index (χ1n) is 7.31. The van der Waals surface area contributed by atoms with Gasteiger partial charge in [0.25, 0.3) is 0 Å². The molecule has 122 valence electrons. The maximum Gasteiger partial charge on any atom is 0.416 e. The average molecular weight is 316 g/mol. The number of nitrogens with two attached hydrogens (primary N) is 1. The molecule has 2 aliphatic rings. The Bertz CT molecular complexity index is 562. The van der Waals surface area contributed by atoms with Crippen molar-refractivity contribution >= 4 is 0 Å². The monoisotopic (exact) mass is 316 g/mol. The molecule has 1 aromatic carbocycles. The number of hydrogen-bond acceptors (Lipinski definition) is 4. The molecule has 0 spiro atoms. The Morgan fingerprint density at radius 3 is 2.64 bits per heavy atom. The molecule has 1 saturated heterocycles. The van der Waals surface area contributed by atoms with Crippen LogP contribution in [0, 0.1) is 5.92 Å². The van der Waals surface area contributed by atoms with Gasteiger partial charge < -0.3 is 15.2 Å². The number of benzene rings is 1. The van der Waals surface area contributed by atoms with E-state index in [9.17, 15) is 13.2 Å². The van der Waals surface area contributed by atoms with Crippen LogP contribution in [-0.4, -0.2) is 38.3 Å². The van der Waals surface area contributed by atoms with E-state index in [0.29, 0.717) is 31.9 Å². The second-order valence-corrected chi connectivity index (χ2v) is 5.84. The van der Waals surface area contributed by atoms with E-state index in [0.717, 1.165) is 6.07 Å². The molecule has 0 radical (unpaired) electrons. The van der Waals surface area contributed by atoms with E-state index in [1.165, 1.54) is 6.07 Å². The first-order chi connectivity index (χ1) is 10.4. The topological polar surface area (TPSA) is 47.7 Å². The smallest absolute Gasteiger partial charge is 0.416 e. The summed E-state index contributed by atoms with van der Waals surface area (Å²) in [5, 5.41) is 0. The standard InChI is InChI=1S/C15H19F3N2O2/c1-20-8-9(7-19)6-11(20)13-10(15(16,17)18)2-3-12-14(13)22-5-4-21-12/h2-3,9,11H,4-8,19H2,1H3. The van der Waals surface area contributed by atoms with Crippen LogP contribution in [0.15, 0.2) is 12.1 Å². The molecule has 0 saturated carbocycles. The van der Waals surface area contributed by atoms with Crippen molar-refractivity contribution in [3.05, 3.63) is 23.3 Å². The number of fused-ring (bicyclic) bond motifs is 1. The van der Waals surface area contributed by atoms with Crippen molar-refractivity contribution in [2.75, 3.05) is 33.4 Å². The third-order valence-corrected chi connectivity index (χ3v) is 4.35. The first kappa shape index (κ1) is 15.4. The second-order valence-electron chi connectivity index (χ2n) is 5.84. The number of nitrogens with zero attached hydrogens (tertiary/aromatic N) is 1. The molecule has 0 aliphatic carbocycles. The molecule has 2 N–H and O–H groups in total. The van der Waals surface area contributed by atoms with Gasteiger partial charge in [0.2, 0.25) is 0 Å². The zero-order valence-electron chi connectivity index (χ0n) is 12.3. The molecule has 2 heterocycles. The molecule has 22 heavy (non-hydrogen) atoms. The fraction of sp³-hybridized carbons (Fsp3) is 0.600. The molecule has 3 rings (SSSR count). The van der Waals surface area contributed by atoms with Gasteiger partial charge in [0, 0.05) is 18.2 Å². The van der Waals surface area contributed by atoms with E-state index < -0.39 is 11.7 Å². The highest BCUT2D eigenvalue weighted by atomic mass is 19.4. The highest BCUT2D eigenvalue weighted by Crippen LogP contribution is 2.49. The van der Waals surface area contributed by atoms with Gasteiger partial charge in [0.15, 0.2) is 11.5 Å². The van der Waals surface area contributed by atoms with E-state index in [2.05, 4.69) is 0 Å². The van der Waals surface area contributed by atoms with Crippen LogP contribution in [0.1, 0.15) is 23.6 Å². The number of hydrogen-bond donors (Lipinski definition) is 1. The Balaban J connectivity index is 2.11. The molecule has 4 nitrogen and oxygen atoms in total. The van der Waals surface area contributed by atoms with E-state index >= 15 is 0 Å². The highest BCUT2D eigenvalue weighted by Gasteiger charge is 2.42. The van der Waals surface area contributed by atoms with E-state index in [1.807, 2.05) is 11.9 Å². The van der Waals surface area contributed by atoms with Crippen molar-refractivity contribution in [3.8, 4) is 11.5 Å². The van der Waals surface area contributed by atoms with Crippen molar-refractivity contribution in [2.24, 2.45) is 11.7 Å². The van der Waals surface area contributed by atoms with Crippen LogP contribution in [0.3, 0.4) is 0 Å². The highest BCUT2D eigenvalue weighted by molar-refractivity contribution is 5.54. The molecule has 2 atom stereocenters. The maximum atomic E-state index is 13.4. The second kappa shape index (κ2) is 5.62. The van der Waals surface area contributed by atoms with Gasteiger partial charge in [-0.15, -0.1) is 0 Å². The lowest BCUT2D eigenvalue weighted by molar-refractivity contribution is -0.138. The molecular formula is C15H19F3N2O2. The van der Waals surface area contributed by atoms with Crippen LogP contribution in [0.2, 0.25) is 0 Å². The third-order valence-electron chi connectivity index (χ3n) is 4.35. The lowest BCUT2D eigenvalue weighted by atomic mass is 9.93. The van der Waals surface area contributed by atoms with Crippen LogP contribution < -0.4 is 15.2 Å². The molecule has 0 amide bonds. The van der Waals surface area contributed by atoms with Crippen molar-refractivity contribution in [3.63, 3.8) is 0 Å². The van der Waals surface area contributed by atoms with Gasteiger partial charge in [-0.25, -0.2) is 0 Å². The minimum absolute atomic E-state index is 0.183. The summed E-state index contributed by atoms with van der Waals surface area (Å²) in [6.45, 7) is 1.76. The van der Waals surface area contributed by atoms with Crippen molar-refractivity contribution in [2.45, 2.75) is 18.6 Å². The summed E-state index contributed by atoms with van der Waals surface area (Å²) in [5.74, 6) is 0.811. The number of ether oxygens (including phenoxy) is 2. The SMILES string of the molecule is CN1CC(CN)CC1c1c(C(F)(F)F)ccc2c1OCCO2. The van der Waals surface area contributed by atoms with Crippen LogP contribution in [0.5, 0.6) is 11.5 Å². The Kier molecular flexibility index (Phi) is 3.94. The summed E-state index contributed by atoms with van der Waals surface area (Å²) in [6.07, 6.45) is -3.83. The quantitative estimate of drug-likeness (QED) is 0.910. The number of halogens is 3. The van der Waals surface area contributed by atoms with Gasteiger partial charge >= 0.3 is 6.18 Å². The summed E-state index contributed by atoms with van der Waals surface area (Å²) < 4.78 is 51.3. The van der Waals surface area contributed by atoms with Crippen molar-refractivity contribution in [1.82, 2.24) is 4.90 Å². The van der Waals surface area contributed by atoms with Crippen molar-refractivity contribution < 1.29 is 22.6 Å². The first-order valence-corrected chi connectivity index (χ1v) is 7.31. The largest absolute Gasteiger partial charge is 0.486 e. The fourth-order valence-electron chi connectivity index (χ4n) is 3.33. The van der Waals surface area contributed by atoms with E-state index in [-0.39, 0.29) is 29.9 Å². The minimum Gasteiger partial charge on any atom is -0.486 e. The normalized spacial score (nSPS) is 25.5. The number of likely N-dealkylation sites (tertiary alicyclic amines) is 1. The van der Waals surface area contributed by atoms with Crippen LogP contribution in [-0.2, 0) is 6.18 Å². The molecule has 2 unspecified atom stereocenters. The molecular weight excluding hydrogens is 297 g/mol. The van der Waals surface area contributed by atoms with E-state index in [1.54, 1.807) is 0 Å². The zero-order valence-corrected chi connectivity index (χ0v) is 12.3. The van der Waals surface area contributed by atoms with E-state index in [4.69, 9.17) is 15.2 Å². The van der Waals surface area contributed by atoms with Crippen molar-refractivity contribution in [1.29, 1.82) is 0 Å². The predicted octanol–water partition coefficient (Wildman–Crippen LogP) is 2.43. The lowest BCUT2D eigenvalue weighted by Gasteiger charge is -2.29. The van der Waals surface area contributed by atoms with Gasteiger partial charge in [-0.2, -0.15) is 13.2 Å². The zero-order chi connectivity index (χ0) is 15.9. The van der Waals surface area contributed by atoms with Crippen LogP contribution in [0.4, 0.5) is 13.2 Å². The average Bonchev–Trinajstić information content (AvgIpc) is 2.86. The van der Waals surface area contributed by atoms with Gasteiger partial charge in [-0.1, -0.05) is 0 Å². The Morgan fingerprint density at radius 1 is 1.27 bits per heavy atom. The van der Waals surface area contributed by atoms with Crippen LogP contribution >= 0.6 is 0 Å². The van der Waals surface area contributed by atoms with Gasteiger partial charge in [-0.05, 0) is 38.1 Å². The Labute approximate surface area is 127 Å². The van der Waals surface area contributed by atoms with Gasteiger partial charge in [0.05, 0.1) is 5.56 Å². The summed E-state index contributed by atoms with van der Waals surface area (Å²) >= 11 is 0. The summed E-state index contributed by atoms with van der Waals surface area (Å²) in [5.41, 5.74) is 5.23. The molecule has 1 aromatic rings. The molecule has 7 heteroatoms. The predicted molar refractivity (Wildman–Crippen MR) is 75.0 cm³/mol. The van der Waals surface area contributed by atoms with Gasteiger partial charge in [0.1, 0.15) is 13.2 Å². The maximum absolute atomic E-state index is 13.4. The number of rotatable bonds is 2. The van der Waals surface area contributed by atoms with Crippen LogP contribution in [0.25, 0.3) is 0 Å². The third kappa shape index (κ3) is 2.63. The minimum atomic E-state index is -4.42. The summed E-state index contributed by atoms with van der Waals surface area (Å²) in [7, 11) is 1.82. The Hall–Kier alpha value is -1.47. The summed E-state index contributed by atoms with van der Waals surface area (Å²) in [6, 6.07) is 2.07.